The van der Waals surface area contributed by atoms with Gasteiger partial charge in [-0.2, -0.15) is 0 Å². The molecule has 1 heterocycles. The van der Waals surface area contributed by atoms with Gasteiger partial charge in [-0.25, -0.2) is 0 Å². The first-order valence-corrected chi connectivity index (χ1v) is 6.96. The third-order valence-corrected chi connectivity index (χ3v) is 3.25. The van der Waals surface area contributed by atoms with Gasteiger partial charge in [0.25, 0.3) is 5.91 Å². The van der Waals surface area contributed by atoms with Gasteiger partial charge in [-0.15, -0.1) is 0 Å². The van der Waals surface area contributed by atoms with E-state index in [2.05, 4.69) is 10.5 Å². The van der Waals surface area contributed by atoms with Gasteiger partial charge in [-0.3, -0.25) is 4.79 Å². The molecule has 0 fully saturated rings. The smallest absolute Gasteiger partial charge is 0.261 e. The number of amides is 1. The predicted octanol–water partition coefficient (Wildman–Crippen LogP) is 3.38. The summed E-state index contributed by atoms with van der Waals surface area (Å²) in [5.41, 5.74) is 1.62. The minimum atomic E-state index is -0.266. The van der Waals surface area contributed by atoms with E-state index in [-0.39, 0.29) is 11.8 Å². The molecule has 0 unspecified atom stereocenters. The Bertz CT molecular complexity index is 655. The van der Waals surface area contributed by atoms with Crippen LogP contribution < -0.4 is 14.8 Å². The molecule has 0 aliphatic heterocycles. The van der Waals surface area contributed by atoms with Crippen molar-refractivity contribution in [3.05, 3.63) is 35.2 Å². The van der Waals surface area contributed by atoms with E-state index in [0.717, 1.165) is 0 Å². The van der Waals surface area contributed by atoms with Crippen LogP contribution in [0.5, 0.6) is 11.5 Å². The van der Waals surface area contributed by atoms with Crippen molar-refractivity contribution >= 4 is 11.6 Å². The number of methoxy groups -OCH3 is 2. The van der Waals surface area contributed by atoms with Crippen LogP contribution in [-0.2, 0) is 0 Å². The second-order valence-corrected chi connectivity index (χ2v) is 5.22. The number of nitrogens with one attached hydrogen (secondary N) is 1. The lowest BCUT2D eigenvalue weighted by Crippen LogP contribution is -2.15. The molecule has 6 heteroatoms. The third kappa shape index (κ3) is 3.21. The molecule has 118 valence electrons. The Balaban J connectivity index is 2.31. The van der Waals surface area contributed by atoms with E-state index in [1.54, 1.807) is 39.3 Å². The highest BCUT2D eigenvalue weighted by molar-refractivity contribution is 6.06. The molecule has 2 rings (SSSR count). The van der Waals surface area contributed by atoms with E-state index in [9.17, 15) is 4.79 Å². The zero-order valence-electron chi connectivity index (χ0n) is 13.4. The van der Waals surface area contributed by atoms with Gasteiger partial charge in [0, 0.05) is 29.8 Å². The maximum absolute atomic E-state index is 12.5. The van der Waals surface area contributed by atoms with E-state index in [1.807, 2.05) is 13.8 Å². The molecule has 0 atom stereocenters. The molecule has 1 amide bonds. The zero-order chi connectivity index (χ0) is 16.3. The summed E-state index contributed by atoms with van der Waals surface area (Å²) >= 11 is 0. The Kier molecular flexibility index (Phi) is 4.70. The summed E-state index contributed by atoms with van der Waals surface area (Å²) in [5, 5.41) is 6.71. The van der Waals surface area contributed by atoms with Crippen LogP contribution in [0.15, 0.2) is 22.7 Å². The molecule has 1 aromatic carbocycles. The molecule has 0 spiro atoms. The summed E-state index contributed by atoms with van der Waals surface area (Å²) < 4.78 is 15.6. The van der Waals surface area contributed by atoms with Gasteiger partial charge in [-0.1, -0.05) is 19.0 Å². The zero-order valence-corrected chi connectivity index (χ0v) is 13.4. The topological polar surface area (TPSA) is 73.6 Å². The Morgan fingerprint density at radius 1 is 1.18 bits per heavy atom. The minimum absolute atomic E-state index is 0.0711. The van der Waals surface area contributed by atoms with E-state index < -0.39 is 0 Å². The molecular weight excluding hydrogens is 284 g/mol. The fourth-order valence-electron chi connectivity index (χ4n) is 2.13. The van der Waals surface area contributed by atoms with E-state index in [0.29, 0.717) is 34.2 Å². The second-order valence-electron chi connectivity index (χ2n) is 5.22. The summed E-state index contributed by atoms with van der Waals surface area (Å²) in [6, 6.07) is 5.18. The Morgan fingerprint density at radius 3 is 2.27 bits per heavy atom. The summed E-state index contributed by atoms with van der Waals surface area (Å²) in [6.07, 6.45) is 0. The number of carbonyl (C=O) groups excluding carboxylic acids is 1. The van der Waals surface area contributed by atoms with Crippen molar-refractivity contribution in [2.45, 2.75) is 26.7 Å². The van der Waals surface area contributed by atoms with Crippen LogP contribution in [0.3, 0.4) is 0 Å². The molecule has 0 aliphatic rings. The van der Waals surface area contributed by atoms with Crippen LogP contribution >= 0.6 is 0 Å². The van der Waals surface area contributed by atoms with Crippen molar-refractivity contribution in [2.75, 3.05) is 19.5 Å². The molecule has 0 bridgehead atoms. The number of hydrogen-bond acceptors (Lipinski definition) is 5. The van der Waals surface area contributed by atoms with Crippen LogP contribution in [-0.4, -0.2) is 25.3 Å². The second kappa shape index (κ2) is 6.51. The average Bonchev–Trinajstić information content (AvgIpc) is 2.88. The van der Waals surface area contributed by atoms with Gasteiger partial charge >= 0.3 is 0 Å². The number of benzene rings is 1. The third-order valence-electron chi connectivity index (χ3n) is 3.25. The van der Waals surface area contributed by atoms with Crippen molar-refractivity contribution in [3.8, 4) is 11.5 Å². The van der Waals surface area contributed by atoms with Crippen molar-refractivity contribution in [1.29, 1.82) is 0 Å². The molecule has 22 heavy (non-hydrogen) atoms. The largest absolute Gasteiger partial charge is 0.497 e. The molecule has 2 aromatic rings. The highest BCUT2D eigenvalue weighted by Crippen LogP contribution is 2.28. The Morgan fingerprint density at radius 2 is 1.77 bits per heavy atom. The van der Waals surface area contributed by atoms with Crippen molar-refractivity contribution < 1.29 is 18.8 Å². The molecular formula is C16H20N2O4. The maximum atomic E-state index is 12.5. The van der Waals surface area contributed by atoms with Crippen molar-refractivity contribution in [1.82, 2.24) is 5.16 Å². The highest BCUT2D eigenvalue weighted by atomic mass is 16.5. The Hall–Kier alpha value is -2.50. The van der Waals surface area contributed by atoms with Crippen molar-refractivity contribution in [2.24, 2.45) is 0 Å². The molecule has 0 saturated heterocycles. The first kappa shape index (κ1) is 15.9. The van der Waals surface area contributed by atoms with Gasteiger partial charge in [-0.05, 0) is 6.92 Å². The van der Waals surface area contributed by atoms with Crippen LogP contribution in [0.4, 0.5) is 5.69 Å². The van der Waals surface area contributed by atoms with Crippen LogP contribution in [0.25, 0.3) is 0 Å². The van der Waals surface area contributed by atoms with E-state index in [1.165, 1.54) is 0 Å². The van der Waals surface area contributed by atoms with Gasteiger partial charge in [0.15, 0.2) is 5.76 Å². The molecule has 1 N–H and O–H groups in total. The molecule has 0 radical (unpaired) electrons. The molecule has 0 saturated carbocycles. The first-order chi connectivity index (χ1) is 10.5. The fraction of sp³-hybridized carbons (Fsp3) is 0.375. The number of anilines is 1. The Labute approximate surface area is 129 Å². The number of aromatic nitrogens is 1. The summed E-state index contributed by atoms with van der Waals surface area (Å²) in [6.45, 7) is 5.65. The first-order valence-electron chi connectivity index (χ1n) is 6.96. The summed E-state index contributed by atoms with van der Waals surface area (Å²) in [4.78, 5) is 12.5. The standard InChI is InChI=1S/C16H20N2O4/c1-9(2)15-14(10(3)18-22-15)16(19)17-11-6-12(20-4)8-13(7-11)21-5/h6-9H,1-5H3,(H,17,19). The molecule has 1 aromatic heterocycles. The monoisotopic (exact) mass is 304 g/mol. The molecule has 6 nitrogen and oxygen atoms in total. The minimum Gasteiger partial charge on any atom is -0.497 e. The lowest BCUT2D eigenvalue weighted by atomic mass is 10.0. The average molecular weight is 304 g/mol. The summed E-state index contributed by atoms with van der Waals surface area (Å²) in [7, 11) is 3.11. The SMILES string of the molecule is COc1cc(NC(=O)c2c(C)noc2C(C)C)cc(OC)c1. The fourth-order valence-corrected chi connectivity index (χ4v) is 2.13. The number of aryl methyl sites for hydroxylation is 1. The number of rotatable bonds is 5. The van der Waals surface area contributed by atoms with Crippen LogP contribution in [0.1, 0.15) is 41.6 Å². The lowest BCUT2D eigenvalue weighted by Gasteiger charge is -2.10. The summed E-state index contributed by atoms with van der Waals surface area (Å²) in [5.74, 6) is 1.57. The van der Waals surface area contributed by atoms with Crippen LogP contribution in [0, 0.1) is 6.92 Å². The predicted molar refractivity (Wildman–Crippen MR) is 82.8 cm³/mol. The number of nitrogens with zero attached hydrogens (tertiary/aromatic N) is 1. The quantitative estimate of drug-likeness (QED) is 0.916. The van der Waals surface area contributed by atoms with Gasteiger partial charge in [0.2, 0.25) is 0 Å². The number of carbonyl (C=O) groups is 1. The van der Waals surface area contributed by atoms with Crippen LogP contribution in [0.2, 0.25) is 0 Å². The van der Waals surface area contributed by atoms with Gasteiger partial charge in [0.05, 0.1) is 19.9 Å². The normalized spacial score (nSPS) is 10.6. The number of hydrogen-bond donors (Lipinski definition) is 1. The van der Waals surface area contributed by atoms with E-state index >= 15 is 0 Å². The molecule has 0 aliphatic carbocycles. The highest BCUT2D eigenvalue weighted by Gasteiger charge is 2.22. The maximum Gasteiger partial charge on any atom is 0.261 e. The number of ether oxygens (including phenoxy) is 2. The van der Waals surface area contributed by atoms with Gasteiger partial charge in [0.1, 0.15) is 17.1 Å². The van der Waals surface area contributed by atoms with Crippen molar-refractivity contribution in [3.63, 3.8) is 0 Å². The lowest BCUT2D eigenvalue weighted by molar-refractivity contribution is 0.102. The van der Waals surface area contributed by atoms with E-state index in [4.69, 9.17) is 14.0 Å². The van der Waals surface area contributed by atoms with Gasteiger partial charge < -0.3 is 19.3 Å².